The SMILES string of the molecule is Fc1ccc(F)c([C@@H]2NCCc3[nH]cnc32)c1. The number of benzene rings is 1. The predicted molar refractivity (Wildman–Crippen MR) is 58.5 cm³/mol. The summed E-state index contributed by atoms with van der Waals surface area (Å²) < 4.78 is 26.9. The molecular weight excluding hydrogens is 224 g/mol. The number of H-pyrrole nitrogens is 1. The summed E-state index contributed by atoms with van der Waals surface area (Å²) >= 11 is 0. The number of fused-ring (bicyclic) bond motifs is 1. The van der Waals surface area contributed by atoms with Crippen molar-refractivity contribution in [2.24, 2.45) is 0 Å². The van der Waals surface area contributed by atoms with E-state index in [0.29, 0.717) is 5.56 Å². The van der Waals surface area contributed by atoms with E-state index >= 15 is 0 Å². The Bertz CT molecular complexity index is 550. The molecule has 5 heteroatoms. The standard InChI is InChI=1S/C12H11F2N3/c13-7-1-2-9(14)8(5-7)11-12-10(3-4-15-11)16-6-17-12/h1-2,5-6,11,15H,3-4H2,(H,16,17)/t11-/m0/s1. The smallest absolute Gasteiger partial charge is 0.128 e. The van der Waals surface area contributed by atoms with E-state index in [2.05, 4.69) is 15.3 Å². The van der Waals surface area contributed by atoms with Crippen LogP contribution in [0.2, 0.25) is 0 Å². The van der Waals surface area contributed by atoms with Crippen LogP contribution >= 0.6 is 0 Å². The van der Waals surface area contributed by atoms with E-state index in [9.17, 15) is 8.78 Å². The quantitative estimate of drug-likeness (QED) is 0.792. The predicted octanol–water partition coefficient (Wildman–Crippen LogP) is 1.92. The lowest BCUT2D eigenvalue weighted by molar-refractivity contribution is 0.511. The minimum absolute atomic E-state index is 0.304. The van der Waals surface area contributed by atoms with E-state index in [-0.39, 0.29) is 6.04 Å². The highest BCUT2D eigenvalue weighted by Gasteiger charge is 2.26. The molecule has 1 aromatic heterocycles. The first-order chi connectivity index (χ1) is 8.25. The van der Waals surface area contributed by atoms with Gasteiger partial charge in [0.25, 0.3) is 0 Å². The Balaban J connectivity index is 2.09. The summed E-state index contributed by atoms with van der Waals surface area (Å²) in [5.41, 5.74) is 2.04. The van der Waals surface area contributed by atoms with Gasteiger partial charge in [-0.05, 0) is 18.2 Å². The van der Waals surface area contributed by atoms with Crippen LogP contribution in [0.15, 0.2) is 24.5 Å². The van der Waals surface area contributed by atoms with E-state index in [1.807, 2.05) is 0 Å². The van der Waals surface area contributed by atoms with Crippen molar-refractivity contribution in [3.63, 3.8) is 0 Å². The first-order valence-corrected chi connectivity index (χ1v) is 5.46. The van der Waals surface area contributed by atoms with Gasteiger partial charge in [-0.1, -0.05) is 0 Å². The van der Waals surface area contributed by atoms with Crippen molar-refractivity contribution < 1.29 is 8.78 Å². The van der Waals surface area contributed by atoms with Gasteiger partial charge in [-0.25, -0.2) is 13.8 Å². The van der Waals surface area contributed by atoms with Gasteiger partial charge >= 0.3 is 0 Å². The zero-order valence-corrected chi connectivity index (χ0v) is 9.00. The Hall–Kier alpha value is -1.75. The Morgan fingerprint density at radius 1 is 1.29 bits per heavy atom. The van der Waals surface area contributed by atoms with Crippen LogP contribution in [0.1, 0.15) is 23.0 Å². The number of rotatable bonds is 1. The number of nitrogens with zero attached hydrogens (tertiary/aromatic N) is 1. The van der Waals surface area contributed by atoms with Crippen molar-refractivity contribution >= 4 is 0 Å². The number of halogens is 2. The zero-order chi connectivity index (χ0) is 11.8. The zero-order valence-electron chi connectivity index (χ0n) is 9.00. The van der Waals surface area contributed by atoms with E-state index in [1.54, 1.807) is 6.33 Å². The topological polar surface area (TPSA) is 40.7 Å². The summed E-state index contributed by atoms with van der Waals surface area (Å²) in [7, 11) is 0. The van der Waals surface area contributed by atoms with Gasteiger partial charge in [0.2, 0.25) is 0 Å². The van der Waals surface area contributed by atoms with Crippen LogP contribution in [0.4, 0.5) is 8.78 Å². The van der Waals surface area contributed by atoms with E-state index < -0.39 is 11.6 Å². The number of hydrogen-bond donors (Lipinski definition) is 2. The fourth-order valence-electron chi connectivity index (χ4n) is 2.21. The summed E-state index contributed by atoms with van der Waals surface area (Å²) in [6.45, 7) is 0.718. The largest absolute Gasteiger partial charge is 0.348 e. The number of nitrogens with one attached hydrogen (secondary N) is 2. The molecule has 0 aliphatic carbocycles. The first kappa shape index (κ1) is 10.4. The van der Waals surface area contributed by atoms with Gasteiger partial charge in [0.15, 0.2) is 0 Å². The molecule has 17 heavy (non-hydrogen) atoms. The summed E-state index contributed by atoms with van der Waals surface area (Å²) in [5.74, 6) is -0.856. The molecule has 0 radical (unpaired) electrons. The molecule has 2 aromatic rings. The number of imidazole rings is 1. The van der Waals surface area contributed by atoms with Crippen molar-refractivity contribution in [3.05, 3.63) is 53.1 Å². The Morgan fingerprint density at radius 3 is 3.06 bits per heavy atom. The second kappa shape index (κ2) is 3.92. The number of hydrogen-bond acceptors (Lipinski definition) is 2. The molecule has 1 aliphatic rings. The second-order valence-corrected chi connectivity index (χ2v) is 4.07. The van der Waals surface area contributed by atoms with E-state index in [1.165, 1.54) is 6.07 Å². The molecule has 0 amide bonds. The van der Waals surface area contributed by atoms with Gasteiger partial charge < -0.3 is 10.3 Å². The minimum Gasteiger partial charge on any atom is -0.348 e. The molecule has 2 N–H and O–H groups in total. The van der Waals surface area contributed by atoms with Crippen molar-refractivity contribution in [1.29, 1.82) is 0 Å². The molecule has 2 heterocycles. The third kappa shape index (κ3) is 1.72. The van der Waals surface area contributed by atoms with Crippen LogP contribution in [0, 0.1) is 11.6 Å². The fraction of sp³-hybridized carbons (Fsp3) is 0.250. The van der Waals surface area contributed by atoms with Gasteiger partial charge in [-0.3, -0.25) is 0 Å². The second-order valence-electron chi connectivity index (χ2n) is 4.07. The van der Waals surface area contributed by atoms with Crippen LogP contribution in [0.3, 0.4) is 0 Å². The Labute approximate surface area is 96.9 Å². The van der Waals surface area contributed by atoms with E-state index in [0.717, 1.165) is 36.5 Å². The lowest BCUT2D eigenvalue weighted by Gasteiger charge is -2.23. The van der Waals surface area contributed by atoms with Crippen molar-refractivity contribution in [2.75, 3.05) is 6.54 Å². The highest BCUT2D eigenvalue weighted by atomic mass is 19.1. The minimum atomic E-state index is -0.439. The van der Waals surface area contributed by atoms with Gasteiger partial charge in [0, 0.05) is 24.2 Å². The highest BCUT2D eigenvalue weighted by Crippen LogP contribution is 2.28. The molecular formula is C12H11F2N3. The summed E-state index contributed by atoms with van der Waals surface area (Å²) in [6, 6.07) is 3.11. The third-order valence-corrected chi connectivity index (χ3v) is 3.02. The lowest BCUT2D eigenvalue weighted by atomic mass is 9.97. The third-order valence-electron chi connectivity index (χ3n) is 3.02. The molecule has 1 aromatic carbocycles. The summed E-state index contributed by atoms with van der Waals surface area (Å²) in [5, 5.41) is 3.16. The average molecular weight is 235 g/mol. The van der Waals surface area contributed by atoms with Crippen LogP contribution in [-0.4, -0.2) is 16.5 Å². The Morgan fingerprint density at radius 2 is 2.18 bits per heavy atom. The van der Waals surface area contributed by atoms with Crippen LogP contribution in [0.25, 0.3) is 0 Å². The molecule has 1 aliphatic heterocycles. The molecule has 0 saturated heterocycles. The van der Waals surface area contributed by atoms with Gasteiger partial charge in [0.05, 0.1) is 18.1 Å². The lowest BCUT2D eigenvalue weighted by Crippen LogP contribution is -2.31. The maximum absolute atomic E-state index is 13.7. The van der Waals surface area contributed by atoms with Crippen molar-refractivity contribution in [1.82, 2.24) is 15.3 Å². The molecule has 0 saturated carbocycles. The number of aromatic nitrogens is 2. The molecule has 0 spiro atoms. The molecule has 0 fully saturated rings. The van der Waals surface area contributed by atoms with Crippen LogP contribution in [-0.2, 0) is 6.42 Å². The molecule has 88 valence electrons. The highest BCUT2D eigenvalue weighted by molar-refractivity contribution is 5.33. The molecule has 0 bridgehead atoms. The molecule has 0 unspecified atom stereocenters. The first-order valence-electron chi connectivity index (χ1n) is 5.46. The maximum Gasteiger partial charge on any atom is 0.128 e. The Kier molecular flexibility index (Phi) is 2.40. The van der Waals surface area contributed by atoms with Crippen molar-refractivity contribution in [2.45, 2.75) is 12.5 Å². The molecule has 3 nitrogen and oxygen atoms in total. The van der Waals surface area contributed by atoms with Crippen LogP contribution < -0.4 is 5.32 Å². The monoisotopic (exact) mass is 235 g/mol. The van der Waals surface area contributed by atoms with E-state index in [4.69, 9.17) is 0 Å². The summed E-state index contributed by atoms with van der Waals surface area (Å²) in [6.07, 6.45) is 2.41. The number of aromatic amines is 1. The fourth-order valence-corrected chi connectivity index (χ4v) is 2.21. The van der Waals surface area contributed by atoms with Gasteiger partial charge in [0.1, 0.15) is 11.6 Å². The van der Waals surface area contributed by atoms with Gasteiger partial charge in [-0.2, -0.15) is 0 Å². The maximum atomic E-state index is 13.7. The average Bonchev–Trinajstić information content (AvgIpc) is 2.80. The molecule has 1 atom stereocenters. The van der Waals surface area contributed by atoms with Crippen LogP contribution in [0.5, 0.6) is 0 Å². The molecule has 3 rings (SSSR count). The van der Waals surface area contributed by atoms with Crippen molar-refractivity contribution in [3.8, 4) is 0 Å². The van der Waals surface area contributed by atoms with Gasteiger partial charge in [-0.15, -0.1) is 0 Å². The summed E-state index contributed by atoms with van der Waals surface area (Å²) in [4.78, 5) is 7.20. The normalized spacial score (nSPS) is 19.1.